The monoisotopic (exact) mass is 230 g/mol. The predicted molar refractivity (Wildman–Crippen MR) is 66.5 cm³/mol. The summed E-state index contributed by atoms with van der Waals surface area (Å²) in [5, 5.41) is 0. The molecule has 0 unspecified atom stereocenters. The van der Waals surface area contributed by atoms with Crippen LogP contribution in [-0.4, -0.2) is 12.1 Å². The van der Waals surface area contributed by atoms with Crippen molar-refractivity contribution in [1.82, 2.24) is 4.98 Å². The highest BCUT2D eigenvalue weighted by molar-refractivity contribution is 5.51. The van der Waals surface area contributed by atoms with Crippen LogP contribution in [-0.2, 0) is 0 Å². The fourth-order valence-corrected chi connectivity index (χ4v) is 1.44. The zero-order valence-corrected chi connectivity index (χ0v) is 9.81. The number of benzene rings is 1. The summed E-state index contributed by atoms with van der Waals surface area (Å²) in [6, 6.07) is 9.12. The van der Waals surface area contributed by atoms with Gasteiger partial charge in [0.25, 0.3) is 0 Å². The first kappa shape index (κ1) is 11.3. The zero-order chi connectivity index (χ0) is 12.3. The topological polar surface area (TPSA) is 57.4 Å². The van der Waals surface area contributed by atoms with Gasteiger partial charge in [0.1, 0.15) is 11.5 Å². The Labute approximate surface area is 100 Å². The van der Waals surface area contributed by atoms with Gasteiger partial charge in [0.05, 0.1) is 12.8 Å². The van der Waals surface area contributed by atoms with Crippen LogP contribution in [0.4, 0.5) is 5.69 Å². The molecule has 2 N–H and O–H groups in total. The van der Waals surface area contributed by atoms with Gasteiger partial charge in [0, 0.05) is 12.3 Å². The molecular formula is C13H14N2O2. The summed E-state index contributed by atoms with van der Waals surface area (Å²) in [4.78, 5) is 4.14. The highest BCUT2D eigenvalue weighted by atomic mass is 16.5. The maximum Gasteiger partial charge on any atom is 0.242 e. The number of methoxy groups -OCH3 is 1. The molecule has 1 aromatic carbocycles. The number of hydrogen-bond acceptors (Lipinski definition) is 4. The summed E-state index contributed by atoms with van der Waals surface area (Å²) < 4.78 is 10.7. The maximum atomic E-state index is 5.82. The molecule has 17 heavy (non-hydrogen) atoms. The number of hydrogen-bond donors (Lipinski definition) is 1. The molecule has 0 aliphatic carbocycles. The summed E-state index contributed by atoms with van der Waals surface area (Å²) in [5.41, 5.74) is 7.34. The van der Waals surface area contributed by atoms with Crippen LogP contribution in [0.15, 0.2) is 36.5 Å². The first-order valence-corrected chi connectivity index (χ1v) is 5.23. The van der Waals surface area contributed by atoms with Gasteiger partial charge in [-0.3, -0.25) is 0 Å². The molecule has 4 nitrogen and oxygen atoms in total. The molecule has 0 spiro atoms. The first-order chi connectivity index (χ1) is 8.19. The molecule has 0 amide bonds. The Hall–Kier alpha value is -2.23. The summed E-state index contributed by atoms with van der Waals surface area (Å²) in [5.74, 6) is 1.78. The Morgan fingerprint density at radius 1 is 1.18 bits per heavy atom. The van der Waals surface area contributed by atoms with Crippen molar-refractivity contribution in [2.45, 2.75) is 6.92 Å². The first-order valence-electron chi connectivity index (χ1n) is 5.23. The normalized spacial score (nSPS) is 10.0. The van der Waals surface area contributed by atoms with Crippen molar-refractivity contribution in [2.75, 3.05) is 12.8 Å². The van der Waals surface area contributed by atoms with Gasteiger partial charge in [-0.15, -0.1) is 0 Å². The van der Waals surface area contributed by atoms with E-state index in [1.54, 1.807) is 19.4 Å². The van der Waals surface area contributed by atoms with Crippen LogP contribution in [0.1, 0.15) is 5.56 Å². The molecule has 2 rings (SSSR count). The summed E-state index contributed by atoms with van der Waals surface area (Å²) >= 11 is 0. The van der Waals surface area contributed by atoms with Gasteiger partial charge in [-0.25, -0.2) is 4.98 Å². The minimum Gasteiger partial charge on any atom is -0.497 e. The summed E-state index contributed by atoms with van der Waals surface area (Å²) in [6.07, 6.45) is 1.71. The van der Waals surface area contributed by atoms with E-state index in [4.69, 9.17) is 15.2 Å². The van der Waals surface area contributed by atoms with E-state index in [1.165, 1.54) is 0 Å². The molecule has 88 valence electrons. The van der Waals surface area contributed by atoms with Crippen molar-refractivity contribution in [3.63, 3.8) is 0 Å². The molecule has 0 saturated heterocycles. The Kier molecular flexibility index (Phi) is 3.14. The lowest BCUT2D eigenvalue weighted by molar-refractivity contribution is 0.407. The zero-order valence-electron chi connectivity index (χ0n) is 9.81. The Bertz CT molecular complexity index is 527. The van der Waals surface area contributed by atoms with Crippen molar-refractivity contribution < 1.29 is 9.47 Å². The van der Waals surface area contributed by atoms with Gasteiger partial charge in [0.15, 0.2) is 0 Å². The van der Waals surface area contributed by atoms with Gasteiger partial charge < -0.3 is 15.2 Å². The Balaban J connectivity index is 2.25. The van der Waals surface area contributed by atoms with Gasteiger partial charge in [-0.1, -0.05) is 6.07 Å². The molecule has 4 heteroatoms. The standard InChI is InChI=1S/C13H14N2O2/c1-9-6-12(14)13(15-8-9)17-11-5-3-4-10(7-11)16-2/h3-8H,14H2,1-2H3. The molecular weight excluding hydrogens is 216 g/mol. The van der Waals surface area contributed by atoms with Gasteiger partial charge in [0.2, 0.25) is 5.88 Å². The molecule has 0 radical (unpaired) electrons. The fraction of sp³-hybridized carbons (Fsp3) is 0.154. The van der Waals surface area contributed by atoms with E-state index in [9.17, 15) is 0 Å². The second kappa shape index (κ2) is 4.74. The number of nitrogen functional groups attached to an aromatic ring is 1. The van der Waals surface area contributed by atoms with Gasteiger partial charge in [-0.2, -0.15) is 0 Å². The maximum absolute atomic E-state index is 5.82. The quantitative estimate of drug-likeness (QED) is 0.880. The van der Waals surface area contributed by atoms with Crippen molar-refractivity contribution in [2.24, 2.45) is 0 Å². The molecule has 0 aliphatic rings. The van der Waals surface area contributed by atoms with Crippen LogP contribution in [0, 0.1) is 6.92 Å². The second-order valence-electron chi connectivity index (χ2n) is 3.69. The van der Waals surface area contributed by atoms with E-state index in [-0.39, 0.29) is 0 Å². The predicted octanol–water partition coefficient (Wildman–Crippen LogP) is 2.77. The lowest BCUT2D eigenvalue weighted by Crippen LogP contribution is -1.95. The van der Waals surface area contributed by atoms with E-state index in [0.29, 0.717) is 17.3 Å². The third kappa shape index (κ3) is 2.66. The van der Waals surface area contributed by atoms with Crippen LogP contribution < -0.4 is 15.2 Å². The smallest absolute Gasteiger partial charge is 0.242 e. The van der Waals surface area contributed by atoms with Crippen molar-refractivity contribution in [1.29, 1.82) is 0 Å². The number of pyridine rings is 1. The number of nitrogens with two attached hydrogens (primary N) is 1. The summed E-state index contributed by atoms with van der Waals surface area (Å²) in [7, 11) is 1.61. The van der Waals surface area contributed by atoms with E-state index in [2.05, 4.69) is 4.98 Å². The molecule has 0 fully saturated rings. The molecule has 0 saturated carbocycles. The second-order valence-corrected chi connectivity index (χ2v) is 3.69. The van der Waals surface area contributed by atoms with Crippen molar-refractivity contribution in [3.8, 4) is 17.4 Å². The van der Waals surface area contributed by atoms with Gasteiger partial charge in [-0.05, 0) is 30.7 Å². The van der Waals surface area contributed by atoms with Gasteiger partial charge >= 0.3 is 0 Å². The van der Waals surface area contributed by atoms with E-state index < -0.39 is 0 Å². The molecule has 0 atom stereocenters. The summed E-state index contributed by atoms with van der Waals surface area (Å²) in [6.45, 7) is 1.93. The number of rotatable bonds is 3. The molecule has 2 aromatic rings. The third-order valence-corrected chi connectivity index (χ3v) is 2.27. The number of anilines is 1. The Morgan fingerprint density at radius 2 is 1.94 bits per heavy atom. The Morgan fingerprint density at radius 3 is 2.65 bits per heavy atom. The highest BCUT2D eigenvalue weighted by Gasteiger charge is 2.04. The highest BCUT2D eigenvalue weighted by Crippen LogP contribution is 2.27. The van der Waals surface area contributed by atoms with Crippen molar-refractivity contribution in [3.05, 3.63) is 42.1 Å². The average molecular weight is 230 g/mol. The van der Waals surface area contributed by atoms with Crippen molar-refractivity contribution >= 4 is 5.69 Å². The van der Waals surface area contributed by atoms with E-state index >= 15 is 0 Å². The SMILES string of the molecule is COc1cccc(Oc2ncc(C)cc2N)c1. The molecule has 0 aliphatic heterocycles. The molecule has 1 heterocycles. The minimum atomic E-state index is 0.406. The van der Waals surface area contributed by atoms with Crippen LogP contribution in [0.25, 0.3) is 0 Å². The largest absolute Gasteiger partial charge is 0.497 e. The third-order valence-electron chi connectivity index (χ3n) is 2.27. The van der Waals surface area contributed by atoms with Crippen LogP contribution in [0.5, 0.6) is 17.4 Å². The average Bonchev–Trinajstić information content (AvgIpc) is 2.33. The fourth-order valence-electron chi connectivity index (χ4n) is 1.44. The van der Waals surface area contributed by atoms with E-state index in [1.807, 2.05) is 31.2 Å². The van der Waals surface area contributed by atoms with E-state index in [0.717, 1.165) is 11.3 Å². The van der Waals surface area contributed by atoms with Crippen LogP contribution in [0.3, 0.4) is 0 Å². The van der Waals surface area contributed by atoms with Crippen LogP contribution in [0.2, 0.25) is 0 Å². The molecule has 1 aromatic heterocycles. The number of nitrogens with zero attached hydrogens (tertiary/aromatic N) is 1. The minimum absolute atomic E-state index is 0.406. The van der Waals surface area contributed by atoms with Crippen LogP contribution >= 0.6 is 0 Å². The number of ether oxygens (including phenoxy) is 2. The lowest BCUT2D eigenvalue weighted by Gasteiger charge is -2.08. The lowest BCUT2D eigenvalue weighted by atomic mass is 10.3. The number of aryl methyl sites for hydroxylation is 1. The molecule has 0 bridgehead atoms. The number of aromatic nitrogens is 1.